The van der Waals surface area contributed by atoms with Gasteiger partial charge in [0.25, 0.3) is 5.91 Å². The number of rotatable bonds is 6. The highest BCUT2D eigenvalue weighted by molar-refractivity contribution is 8.19. The Hall–Kier alpha value is -2.87. The van der Waals surface area contributed by atoms with E-state index in [2.05, 4.69) is 24.0 Å². The third kappa shape index (κ3) is 4.81. The Morgan fingerprint density at radius 3 is 2.51 bits per heavy atom. The number of amides is 1. The Labute approximate surface area is 218 Å². The van der Waals surface area contributed by atoms with Gasteiger partial charge in [-0.15, -0.1) is 0 Å². The van der Waals surface area contributed by atoms with Gasteiger partial charge in [0.1, 0.15) is 21.4 Å². The third-order valence-electron chi connectivity index (χ3n) is 5.81. The number of carbonyl (C=O) groups is 1. The summed E-state index contributed by atoms with van der Waals surface area (Å²) in [4.78, 5) is 24.4. The van der Waals surface area contributed by atoms with Crippen molar-refractivity contribution in [1.82, 2.24) is 4.90 Å². The SMILES string of the molecule is CCN1/C(=C2/SC(=Nc3ccccc3OC)N(CCc3ccccc3)C2=O)Sc2ccc(Cl)cc21. The first-order valence-electron chi connectivity index (χ1n) is 11.3. The molecule has 2 aliphatic rings. The molecular weight excluding hydrogens is 498 g/mol. The fourth-order valence-corrected chi connectivity index (χ4v) is 6.62. The lowest BCUT2D eigenvalue weighted by Gasteiger charge is -2.19. The first-order chi connectivity index (χ1) is 17.1. The number of para-hydroxylation sites is 2. The molecule has 0 saturated carbocycles. The summed E-state index contributed by atoms with van der Waals surface area (Å²) < 4.78 is 5.50. The molecule has 0 aromatic heterocycles. The number of fused-ring (bicyclic) bond motifs is 1. The number of ether oxygens (including phenoxy) is 1. The summed E-state index contributed by atoms with van der Waals surface area (Å²) >= 11 is 9.32. The van der Waals surface area contributed by atoms with Crippen molar-refractivity contribution in [1.29, 1.82) is 0 Å². The molecular formula is C27H24ClN3O2S2. The van der Waals surface area contributed by atoms with E-state index < -0.39 is 0 Å². The van der Waals surface area contributed by atoms with Crippen LogP contribution in [0.1, 0.15) is 12.5 Å². The number of anilines is 1. The second-order valence-corrected chi connectivity index (χ2v) is 10.4. The number of amidine groups is 1. The normalized spacial score (nSPS) is 18.5. The van der Waals surface area contributed by atoms with Gasteiger partial charge in [0.15, 0.2) is 5.17 Å². The van der Waals surface area contributed by atoms with Crippen LogP contribution in [0.15, 0.2) is 92.6 Å². The van der Waals surface area contributed by atoms with Crippen LogP contribution in [-0.4, -0.2) is 36.2 Å². The van der Waals surface area contributed by atoms with E-state index in [1.807, 2.05) is 60.7 Å². The highest BCUT2D eigenvalue weighted by Crippen LogP contribution is 2.51. The minimum atomic E-state index is -0.0283. The molecule has 0 N–H and O–H groups in total. The molecule has 3 aromatic carbocycles. The highest BCUT2D eigenvalue weighted by Gasteiger charge is 2.39. The molecule has 2 heterocycles. The Kier molecular flexibility index (Phi) is 7.09. The topological polar surface area (TPSA) is 45.1 Å². The van der Waals surface area contributed by atoms with Gasteiger partial charge in [-0.1, -0.05) is 65.8 Å². The lowest BCUT2D eigenvalue weighted by Crippen LogP contribution is -2.32. The van der Waals surface area contributed by atoms with Gasteiger partial charge < -0.3 is 9.64 Å². The van der Waals surface area contributed by atoms with E-state index in [1.165, 1.54) is 17.3 Å². The van der Waals surface area contributed by atoms with Crippen LogP contribution in [0.4, 0.5) is 11.4 Å². The number of thioether (sulfide) groups is 2. The van der Waals surface area contributed by atoms with Crippen LogP contribution in [0.25, 0.3) is 0 Å². The summed E-state index contributed by atoms with van der Waals surface area (Å²) in [6, 6.07) is 23.7. The number of hydrogen-bond acceptors (Lipinski definition) is 6. The monoisotopic (exact) mass is 521 g/mol. The predicted molar refractivity (Wildman–Crippen MR) is 147 cm³/mol. The van der Waals surface area contributed by atoms with Crippen molar-refractivity contribution in [3.8, 4) is 5.75 Å². The molecule has 5 nitrogen and oxygen atoms in total. The molecule has 178 valence electrons. The minimum Gasteiger partial charge on any atom is -0.494 e. The van der Waals surface area contributed by atoms with Gasteiger partial charge in [-0.2, -0.15) is 0 Å². The number of nitrogens with zero attached hydrogens (tertiary/aromatic N) is 3. The maximum absolute atomic E-state index is 13.8. The Morgan fingerprint density at radius 2 is 1.74 bits per heavy atom. The van der Waals surface area contributed by atoms with Crippen LogP contribution in [-0.2, 0) is 11.2 Å². The molecule has 2 aliphatic heterocycles. The first-order valence-corrected chi connectivity index (χ1v) is 13.3. The van der Waals surface area contributed by atoms with E-state index in [-0.39, 0.29) is 5.91 Å². The van der Waals surface area contributed by atoms with E-state index >= 15 is 0 Å². The van der Waals surface area contributed by atoms with E-state index in [0.717, 1.165) is 28.6 Å². The van der Waals surface area contributed by atoms with Crippen LogP contribution in [0, 0.1) is 0 Å². The fraction of sp³-hybridized carbons (Fsp3) is 0.185. The van der Waals surface area contributed by atoms with Gasteiger partial charge in [-0.25, -0.2) is 4.99 Å². The molecule has 35 heavy (non-hydrogen) atoms. The maximum atomic E-state index is 13.8. The predicted octanol–water partition coefficient (Wildman–Crippen LogP) is 6.96. The zero-order valence-corrected chi connectivity index (χ0v) is 21.8. The van der Waals surface area contributed by atoms with Crippen LogP contribution >= 0.6 is 35.1 Å². The van der Waals surface area contributed by atoms with Gasteiger partial charge >= 0.3 is 0 Å². The minimum absolute atomic E-state index is 0.0283. The van der Waals surface area contributed by atoms with Crippen LogP contribution in [0.3, 0.4) is 0 Å². The van der Waals surface area contributed by atoms with Crippen molar-refractivity contribution in [2.45, 2.75) is 18.2 Å². The van der Waals surface area contributed by atoms with Crippen molar-refractivity contribution in [3.05, 3.63) is 93.3 Å². The molecule has 1 amide bonds. The number of hydrogen-bond donors (Lipinski definition) is 0. The summed E-state index contributed by atoms with van der Waals surface area (Å²) in [5.41, 5.74) is 2.91. The quantitative estimate of drug-likeness (QED) is 0.328. The Morgan fingerprint density at radius 1 is 0.971 bits per heavy atom. The van der Waals surface area contributed by atoms with Gasteiger partial charge in [-0.3, -0.25) is 9.69 Å². The standard InChI is InChI=1S/C27H24ClN3O2S2/c1-3-30-21-17-19(28)13-14-23(21)34-26(30)24-25(32)31(16-15-18-9-5-4-6-10-18)27(35-24)29-20-11-7-8-12-22(20)33-2/h4-14,17H,3,15-16H2,1-2H3/b26-24-,29-27?. The summed E-state index contributed by atoms with van der Waals surface area (Å²) in [6.07, 6.45) is 0.737. The van der Waals surface area contributed by atoms with Crippen molar-refractivity contribution < 1.29 is 9.53 Å². The van der Waals surface area contributed by atoms with Crippen LogP contribution in [0.2, 0.25) is 5.02 Å². The van der Waals surface area contributed by atoms with Gasteiger partial charge in [0.2, 0.25) is 0 Å². The number of halogens is 1. The van der Waals surface area contributed by atoms with E-state index in [9.17, 15) is 4.79 Å². The van der Waals surface area contributed by atoms with Crippen molar-refractivity contribution >= 4 is 57.6 Å². The molecule has 0 spiro atoms. The first kappa shape index (κ1) is 23.9. The summed E-state index contributed by atoms with van der Waals surface area (Å²) in [7, 11) is 1.63. The number of carbonyl (C=O) groups excluding carboxylic acids is 1. The van der Waals surface area contributed by atoms with Gasteiger partial charge in [-0.05, 0) is 61.0 Å². The molecule has 0 bridgehead atoms. The molecule has 3 aromatic rings. The van der Waals surface area contributed by atoms with E-state index in [1.54, 1.807) is 23.8 Å². The molecule has 0 radical (unpaired) electrons. The van der Waals surface area contributed by atoms with Crippen molar-refractivity contribution in [2.75, 3.05) is 25.1 Å². The largest absolute Gasteiger partial charge is 0.494 e. The molecule has 8 heteroatoms. The number of benzene rings is 3. The number of aliphatic imine (C=N–C) groups is 1. The smallest absolute Gasteiger partial charge is 0.269 e. The third-order valence-corrected chi connectivity index (χ3v) is 8.42. The summed E-state index contributed by atoms with van der Waals surface area (Å²) in [5, 5.41) is 2.26. The van der Waals surface area contributed by atoms with Crippen LogP contribution < -0.4 is 9.64 Å². The molecule has 1 fully saturated rings. The van der Waals surface area contributed by atoms with E-state index in [0.29, 0.717) is 33.1 Å². The van der Waals surface area contributed by atoms with Crippen molar-refractivity contribution in [3.63, 3.8) is 0 Å². The molecule has 1 saturated heterocycles. The Bertz CT molecular complexity index is 1330. The molecule has 0 aliphatic carbocycles. The molecule has 0 unspecified atom stereocenters. The Balaban J connectivity index is 1.54. The van der Waals surface area contributed by atoms with Gasteiger partial charge in [0.05, 0.1) is 12.8 Å². The second kappa shape index (κ2) is 10.4. The summed E-state index contributed by atoms with van der Waals surface area (Å²) in [5.74, 6) is 0.643. The highest BCUT2D eigenvalue weighted by atomic mass is 35.5. The van der Waals surface area contributed by atoms with Crippen molar-refractivity contribution in [2.24, 2.45) is 4.99 Å². The lowest BCUT2D eigenvalue weighted by molar-refractivity contribution is -0.122. The zero-order valence-electron chi connectivity index (χ0n) is 19.4. The lowest BCUT2D eigenvalue weighted by atomic mass is 10.1. The fourth-order valence-electron chi connectivity index (χ4n) is 4.07. The van der Waals surface area contributed by atoms with Crippen LogP contribution in [0.5, 0.6) is 5.75 Å². The molecule has 0 atom stereocenters. The number of methoxy groups -OCH3 is 1. The zero-order chi connectivity index (χ0) is 24.4. The average Bonchev–Trinajstić information content (AvgIpc) is 3.39. The summed E-state index contributed by atoms with van der Waals surface area (Å²) in [6.45, 7) is 3.35. The second-order valence-electron chi connectivity index (χ2n) is 7.95. The maximum Gasteiger partial charge on any atom is 0.269 e. The average molecular weight is 522 g/mol. The molecule has 5 rings (SSSR count). The van der Waals surface area contributed by atoms with E-state index in [4.69, 9.17) is 21.3 Å². The van der Waals surface area contributed by atoms with Gasteiger partial charge in [0, 0.05) is 23.0 Å².